The van der Waals surface area contributed by atoms with E-state index in [2.05, 4.69) is 23.1 Å². The van der Waals surface area contributed by atoms with E-state index in [1.165, 1.54) is 5.56 Å². The van der Waals surface area contributed by atoms with Crippen LogP contribution in [0.4, 0.5) is 0 Å². The Bertz CT molecular complexity index is 873. The number of likely N-dealkylation sites (tertiary alicyclic amines) is 2. The first-order chi connectivity index (χ1) is 13.9. The molecule has 0 bridgehead atoms. The van der Waals surface area contributed by atoms with Crippen LogP contribution in [0.25, 0.3) is 0 Å². The maximum absolute atomic E-state index is 13.1. The smallest absolute Gasteiger partial charge is 0.257 e. The number of carbonyl (C=O) groups excluding carboxylic acids is 1. The molecule has 2 aromatic rings. The summed E-state index contributed by atoms with van der Waals surface area (Å²) in [6, 6.07) is 1.83. The van der Waals surface area contributed by atoms with Crippen LogP contribution in [-0.4, -0.2) is 62.9 Å². The van der Waals surface area contributed by atoms with E-state index in [0.717, 1.165) is 57.7 Å². The highest BCUT2D eigenvalue weighted by atomic mass is 16.3. The summed E-state index contributed by atoms with van der Waals surface area (Å²) in [4.78, 5) is 17.5. The van der Waals surface area contributed by atoms with Gasteiger partial charge in [0.1, 0.15) is 11.5 Å². The molecule has 0 saturated carbocycles. The van der Waals surface area contributed by atoms with Gasteiger partial charge in [-0.2, -0.15) is 5.10 Å². The summed E-state index contributed by atoms with van der Waals surface area (Å²) in [5, 5.41) is 15.3. The predicted molar refractivity (Wildman–Crippen MR) is 110 cm³/mol. The average Bonchev–Trinajstić information content (AvgIpc) is 3.29. The fourth-order valence-electron chi connectivity index (χ4n) is 5.04. The van der Waals surface area contributed by atoms with Gasteiger partial charge in [-0.1, -0.05) is 0 Å². The number of amides is 1. The molecule has 7 nitrogen and oxygen atoms in total. The van der Waals surface area contributed by atoms with Crippen LogP contribution in [0.1, 0.15) is 53.6 Å². The number of aliphatic hydroxyl groups excluding tert-OH is 1. The van der Waals surface area contributed by atoms with Crippen molar-refractivity contribution in [3.63, 3.8) is 0 Å². The average molecular weight is 401 g/mol. The number of hydrogen-bond acceptors (Lipinski definition) is 5. The maximum Gasteiger partial charge on any atom is 0.257 e. The molecule has 0 unspecified atom stereocenters. The van der Waals surface area contributed by atoms with E-state index in [4.69, 9.17) is 4.42 Å². The van der Waals surface area contributed by atoms with Crippen molar-refractivity contribution in [2.24, 2.45) is 5.41 Å². The molecule has 1 spiro atoms. The van der Waals surface area contributed by atoms with Crippen LogP contribution in [0.2, 0.25) is 0 Å². The lowest BCUT2D eigenvalue weighted by molar-refractivity contribution is -0.0806. The topological polar surface area (TPSA) is 74.7 Å². The van der Waals surface area contributed by atoms with Crippen LogP contribution in [0.5, 0.6) is 0 Å². The summed E-state index contributed by atoms with van der Waals surface area (Å²) in [6.45, 7) is 10.5. The second-order valence-corrected chi connectivity index (χ2v) is 8.74. The van der Waals surface area contributed by atoms with Gasteiger partial charge in [-0.3, -0.25) is 14.4 Å². The third-order valence-electron chi connectivity index (χ3n) is 6.55. The van der Waals surface area contributed by atoms with Crippen LogP contribution in [0.15, 0.2) is 22.9 Å². The van der Waals surface area contributed by atoms with Gasteiger partial charge in [-0.25, -0.2) is 0 Å². The number of aryl methyl sites for hydroxylation is 3. The van der Waals surface area contributed by atoms with Gasteiger partial charge in [0.05, 0.1) is 17.9 Å². The molecule has 7 heteroatoms. The molecule has 0 aliphatic carbocycles. The first kappa shape index (κ1) is 20.2. The van der Waals surface area contributed by atoms with E-state index < -0.39 is 0 Å². The monoisotopic (exact) mass is 400 g/mol. The largest absolute Gasteiger partial charge is 0.466 e. The van der Waals surface area contributed by atoms with Crippen molar-refractivity contribution in [3.8, 4) is 0 Å². The summed E-state index contributed by atoms with van der Waals surface area (Å²) >= 11 is 0. The summed E-state index contributed by atoms with van der Waals surface area (Å²) < 4.78 is 7.51. The molecular weight excluding hydrogens is 368 g/mol. The lowest BCUT2D eigenvalue weighted by Crippen LogP contribution is -2.59. The molecule has 1 N–H and O–H groups in total. The minimum atomic E-state index is -0.375. The summed E-state index contributed by atoms with van der Waals surface area (Å²) in [5.74, 6) is 1.45. The molecule has 2 aliphatic heterocycles. The summed E-state index contributed by atoms with van der Waals surface area (Å²) in [7, 11) is 0. The van der Waals surface area contributed by atoms with Crippen LogP contribution < -0.4 is 0 Å². The van der Waals surface area contributed by atoms with Crippen LogP contribution in [0, 0.1) is 19.3 Å². The number of rotatable bonds is 4. The zero-order valence-corrected chi connectivity index (χ0v) is 17.7. The Balaban J connectivity index is 1.48. The highest BCUT2D eigenvalue weighted by molar-refractivity contribution is 5.95. The first-order valence-corrected chi connectivity index (χ1v) is 10.7. The second kappa shape index (κ2) is 7.95. The number of hydrogen-bond donors (Lipinski definition) is 1. The standard InChI is InChI=1S/C22H32N4O3/c1-4-26-13-18(11-23-26)12-24-9-6-20(27)22(14-24)7-5-8-25(15-22)21(28)19-10-16(2)29-17(19)3/h10-11,13,20,27H,4-9,12,14-15H2,1-3H3/t20-,22-/m1/s1. The molecule has 0 aromatic carbocycles. The molecule has 1 amide bonds. The van der Waals surface area contributed by atoms with Crippen molar-refractivity contribution in [3.05, 3.63) is 41.1 Å². The van der Waals surface area contributed by atoms with E-state index in [1.54, 1.807) is 0 Å². The van der Waals surface area contributed by atoms with Gasteiger partial charge in [-0.15, -0.1) is 0 Å². The Morgan fingerprint density at radius 1 is 1.34 bits per heavy atom. The first-order valence-electron chi connectivity index (χ1n) is 10.7. The van der Waals surface area contributed by atoms with Crippen LogP contribution in [-0.2, 0) is 13.1 Å². The van der Waals surface area contributed by atoms with Gasteiger partial charge < -0.3 is 14.4 Å². The summed E-state index contributed by atoms with van der Waals surface area (Å²) in [5.41, 5.74) is 1.58. The van der Waals surface area contributed by atoms with Crippen molar-refractivity contribution < 1.29 is 14.3 Å². The fourth-order valence-corrected chi connectivity index (χ4v) is 5.04. The number of aromatic nitrogens is 2. The minimum absolute atomic E-state index is 0.0203. The number of piperidine rings is 2. The van der Waals surface area contributed by atoms with Crippen LogP contribution in [0.3, 0.4) is 0 Å². The summed E-state index contributed by atoms with van der Waals surface area (Å²) in [6.07, 6.45) is 6.26. The quantitative estimate of drug-likeness (QED) is 0.854. The van der Waals surface area contributed by atoms with E-state index in [1.807, 2.05) is 35.7 Å². The number of aliphatic hydroxyl groups is 1. The lowest BCUT2D eigenvalue weighted by atomic mass is 9.71. The lowest BCUT2D eigenvalue weighted by Gasteiger charge is -2.51. The zero-order valence-electron chi connectivity index (χ0n) is 17.7. The van der Waals surface area contributed by atoms with E-state index in [-0.39, 0.29) is 17.4 Å². The van der Waals surface area contributed by atoms with Gasteiger partial charge in [0.15, 0.2) is 0 Å². The Kier molecular flexibility index (Phi) is 5.53. The van der Waals surface area contributed by atoms with Crippen molar-refractivity contribution in [2.45, 2.75) is 59.2 Å². The maximum atomic E-state index is 13.1. The predicted octanol–water partition coefficient (Wildman–Crippen LogP) is 2.60. The molecule has 4 rings (SSSR count). The Hall–Kier alpha value is -2.12. The number of carbonyl (C=O) groups is 1. The van der Waals surface area contributed by atoms with E-state index >= 15 is 0 Å². The van der Waals surface area contributed by atoms with Crippen molar-refractivity contribution >= 4 is 5.91 Å². The molecule has 4 heterocycles. The van der Waals surface area contributed by atoms with Crippen molar-refractivity contribution in [1.82, 2.24) is 19.6 Å². The number of furan rings is 1. The molecular formula is C22H32N4O3. The number of nitrogens with zero attached hydrogens (tertiary/aromatic N) is 4. The SMILES string of the molecule is CCn1cc(CN2CC[C@@H](O)[C@]3(CCCN(C(=O)c4cc(C)oc4C)C3)C2)cn1. The Morgan fingerprint density at radius 2 is 2.17 bits per heavy atom. The highest BCUT2D eigenvalue weighted by Crippen LogP contribution is 2.39. The van der Waals surface area contributed by atoms with E-state index in [0.29, 0.717) is 17.9 Å². The van der Waals surface area contributed by atoms with Gasteiger partial charge >= 0.3 is 0 Å². The fraction of sp³-hybridized carbons (Fsp3) is 0.636. The van der Waals surface area contributed by atoms with Crippen LogP contribution >= 0.6 is 0 Å². The van der Waals surface area contributed by atoms with Gasteiger partial charge in [0.25, 0.3) is 5.91 Å². The molecule has 0 radical (unpaired) electrons. The molecule has 2 atom stereocenters. The molecule has 2 fully saturated rings. The van der Waals surface area contributed by atoms with Gasteiger partial charge in [0.2, 0.25) is 0 Å². The second-order valence-electron chi connectivity index (χ2n) is 8.74. The van der Waals surface area contributed by atoms with Crippen molar-refractivity contribution in [1.29, 1.82) is 0 Å². The Labute approximate surface area is 172 Å². The minimum Gasteiger partial charge on any atom is -0.466 e. The third-order valence-corrected chi connectivity index (χ3v) is 6.55. The molecule has 2 aromatic heterocycles. The third kappa shape index (κ3) is 3.98. The van der Waals surface area contributed by atoms with Gasteiger partial charge in [-0.05, 0) is 46.1 Å². The highest BCUT2D eigenvalue weighted by Gasteiger charge is 2.46. The van der Waals surface area contributed by atoms with Gasteiger partial charge in [0, 0.05) is 56.4 Å². The Morgan fingerprint density at radius 3 is 2.86 bits per heavy atom. The molecule has 2 saturated heterocycles. The molecule has 2 aliphatic rings. The molecule has 29 heavy (non-hydrogen) atoms. The normalized spacial score (nSPS) is 25.7. The zero-order chi connectivity index (χ0) is 20.6. The molecule has 158 valence electrons. The van der Waals surface area contributed by atoms with E-state index in [9.17, 15) is 9.90 Å². The van der Waals surface area contributed by atoms with Crippen molar-refractivity contribution in [2.75, 3.05) is 26.2 Å².